The summed E-state index contributed by atoms with van der Waals surface area (Å²) >= 11 is 6.49. The molecule has 0 radical (unpaired) electrons. The van der Waals surface area contributed by atoms with E-state index in [2.05, 4.69) is 4.72 Å². The van der Waals surface area contributed by atoms with Crippen LogP contribution in [0.2, 0.25) is 0 Å². The number of hydrogen-bond acceptors (Lipinski definition) is 8. The maximum Gasteiger partial charge on any atom is 0.419 e. The van der Waals surface area contributed by atoms with Crippen LogP contribution in [0.15, 0.2) is 154 Å². The van der Waals surface area contributed by atoms with E-state index in [0.717, 1.165) is 27.8 Å². The van der Waals surface area contributed by atoms with Gasteiger partial charge in [0.05, 0.1) is 41.3 Å². The molecule has 312 valence electrons. The standard InChI is InChI=1S/C47H48ClN3O8S/c1-33-19-25-40(26-20-33)60(55,56)49-42(18-11-27-50-44(36-14-7-3-8-15-36)45(59-47(50)54)37-16-9-4-10-17-37)46(53)51-29-43(52)41(48)32-57-31-38(51)28-34-21-23-39(24-22-34)58-30-35-12-5-2-6-13-35/h2-10,12-17,19-26,38,41-43,49,52H,11,18,27-32H2,1H3/t38-,41-,42-,43+/m0/s1. The van der Waals surface area contributed by atoms with Crippen LogP contribution < -0.4 is 15.2 Å². The number of benzene rings is 5. The normalized spacial score (nSPS) is 17.7. The highest BCUT2D eigenvalue weighted by atomic mass is 35.5. The Kier molecular flexibility index (Phi) is 14.0. The van der Waals surface area contributed by atoms with Gasteiger partial charge >= 0.3 is 5.76 Å². The number of aliphatic hydroxyl groups excluding tert-OH is 1. The van der Waals surface area contributed by atoms with Crippen molar-refractivity contribution >= 4 is 27.5 Å². The third-order valence-corrected chi connectivity index (χ3v) is 12.4. The molecule has 0 saturated carbocycles. The lowest BCUT2D eigenvalue weighted by molar-refractivity contribution is -0.140. The number of hydrogen-bond donors (Lipinski definition) is 2. The molecule has 4 atom stereocenters. The van der Waals surface area contributed by atoms with Crippen molar-refractivity contribution in [1.82, 2.24) is 14.2 Å². The van der Waals surface area contributed by atoms with Gasteiger partial charge in [0, 0.05) is 24.2 Å². The molecular weight excluding hydrogens is 802 g/mol. The molecule has 60 heavy (non-hydrogen) atoms. The maximum absolute atomic E-state index is 14.9. The fourth-order valence-corrected chi connectivity index (χ4v) is 8.68. The average molecular weight is 850 g/mol. The fourth-order valence-electron chi connectivity index (χ4n) is 7.29. The topological polar surface area (TPSA) is 140 Å². The summed E-state index contributed by atoms with van der Waals surface area (Å²) in [7, 11) is -4.21. The molecule has 2 N–H and O–H groups in total. The Bertz CT molecular complexity index is 2480. The summed E-state index contributed by atoms with van der Waals surface area (Å²) in [5, 5.41) is 10.4. The molecule has 1 aliphatic heterocycles. The number of aliphatic hydroxyl groups is 1. The number of oxazole rings is 1. The number of β-amino-alcohol motifs (C(OH)–C–C–N with tert-alkyl or cyclic N) is 1. The SMILES string of the molecule is Cc1ccc(S(=O)(=O)N[C@@H](CCCn2c(-c3ccccc3)c(-c3ccccc3)oc2=O)C(=O)N2C[C@@H](O)[C@@H](Cl)COC[C@@H]2Cc2ccc(OCc3ccccc3)cc2)cc1. The van der Waals surface area contributed by atoms with E-state index in [1.54, 1.807) is 12.1 Å². The summed E-state index contributed by atoms with van der Waals surface area (Å²) in [5.41, 5.74) is 4.85. The summed E-state index contributed by atoms with van der Waals surface area (Å²) in [6, 6.07) is 40.6. The predicted octanol–water partition coefficient (Wildman–Crippen LogP) is 7.23. The first kappa shape index (κ1) is 42.6. The van der Waals surface area contributed by atoms with Crippen molar-refractivity contribution in [2.75, 3.05) is 19.8 Å². The Morgan fingerprint density at radius 1 is 0.850 bits per heavy atom. The second-order valence-electron chi connectivity index (χ2n) is 14.9. The highest BCUT2D eigenvalue weighted by molar-refractivity contribution is 7.89. The Morgan fingerprint density at radius 3 is 2.15 bits per heavy atom. The van der Waals surface area contributed by atoms with E-state index in [0.29, 0.717) is 30.2 Å². The van der Waals surface area contributed by atoms with Crippen LogP contribution >= 0.6 is 11.6 Å². The van der Waals surface area contributed by atoms with Gasteiger partial charge in [-0.05, 0) is 61.6 Å². The smallest absolute Gasteiger partial charge is 0.419 e. The molecular formula is C47H48ClN3O8S. The lowest BCUT2D eigenvalue weighted by Gasteiger charge is -2.38. The van der Waals surface area contributed by atoms with Crippen LogP contribution in [0.4, 0.5) is 0 Å². The molecule has 0 bridgehead atoms. The molecule has 7 rings (SSSR count). The minimum absolute atomic E-state index is 0.00111. The Hall–Kier alpha value is -5.50. The van der Waals surface area contributed by atoms with E-state index in [1.807, 2.05) is 122 Å². The molecule has 0 spiro atoms. The number of amides is 1. The Balaban J connectivity index is 1.17. The maximum atomic E-state index is 14.9. The number of sulfonamides is 1. The summed E-state index contributed by atoms with van der Waals surface area (Å²) in [6.07, 6.45) is -0.597. The van der Waals surface area contributed by atoms with Crippen LogP contribution in [-0.2, 0) is 39.1 Å². The lowest BCUT2D eigenvalue weighted by Crippen LogP contribution is -2.57. The van der Waals surface area contributed by atoms with Crippen molar-refractivity contribution in [3.8, 4) is 28.3 Å². The number of aryl methyl sites for hydroxylation is 1. The van der Waals surface area contributed by atoms with E-state index < -0.39 is 45.3 Å². The molecule has 1 aliphatic rings. The quantitative estimate of drug-likeness (QED) is 0.103. The van der Waals surface area contributed by atoms with E-state index >= 15 is 0 Å². The Labute approximate surface area is 355 Å². The molecule has 1 fully saturated rings. The zero-order valence-electron chi connectivity index (χ0n) is 33.2. The molecule has 13 heteroatoms. The molecule has 0 unspecified atom stereocenters. The molecule has 11 nitrogen and oxygen atoms in total. The summed E-state index contributed by atoms with van der Waals surface area (Å²) in [4.78, 5) is 29.9. The van der Waals surface area contributed by atoms with Gasteiger partial charge in [-0.3, -0.25) is 9.36 Å². The van der Waals surface area contributed by atoms with Crippen molar-refractivity contribution < 1.29 is 32.2 Å². The van der Waals surface area contributed by atoms with Gasteiger partial charge < -0.3 is 23.9 Å². The van der Waals surface area contributed by atoms with E-state index in [1.165, 1.54) is 21.6 Å². The minimum Gasteiger partial charge on any atom is -0.489 e. The molecule has 1 aromatic heterocycles. The van der Waals surface area contributed by atoms with Crippen LogP contribution in [0.25, 0.3) is 22.6 Å². The van der Waals surface area contributed by atoms with Gasteiger partial charge in [-0.1, -0.05) is 121 Å². The van der Waals surface area contributed by atoms with Gasteiger partial charge in [-0.25, -0.2) is 13.2 Å². The van der Waals surface area contributed by atoms with Gasteiger partial charge in [0.2, 0.25) is 15.9 Å². The third-order valence-electron chi connectivity index (χ3n) is 10.5. The zero-order valence-corrected chi connectivity index (χ0v) is 34.8. The van der Waals surface area contributed by atoms with Crippen LogP contribution in [-0.4, -0.2) is 72.2 Å². The Morgan fingerprint density at radius 2 is 1.48 bits per heavy atom. The number of alkyl halides is 1. The van der Waals surface area contributed by atoms with Crippen LogP contribution in [0.3, 0.4) is 0 Å². The van der Waals surface area contributed by atoms with Crippen molar-refractivity contribution in [1.29, 1.82) is 0 Å². The van der Waals surface area contributed by atoms with Gasteiger partial charge in [-0.15, -0.1) is 11.6 Å². The van der Waals surface area contributed by atoms with E-state index in [-0.39, 0.29) is 44.0 Å². The average Bonchev–Trinajstić information content (AvgIpc) is 3.60. The number of nitrogens with zero attached hydrogens (tertiary/aromatic N) is 2. The number of halogens is 1. The molecule has 2 heterocycles. The molecule has 0 aliphatic carbocycles. The first-order chi connectivity index (χ1) is 29.1. The van der Waals surface area contributed by atoms with Crippen LogP contribution in [0.5, 0.6) is 5.75 Å². The fraction of sp³-hybridized carbons (Fsp3) is 0.277. The van der Waals surface area contributed by atoms with E-state index in [4.69, 9.17) is 25.5 Å². The predicted molar refractivity (Wildman–Crippen MR) is 231 cm³/mol. The van der Waals surface area contributed by atoms with E-state index in [9.17, 15) is 23.1 Å². The first-order valence-corrected chi connectivity index (χ1v) is 21.9. The largest absolute Gasteiger partial charge is 0.489 e. The van der Waals surface area contributed by atoms with Gasteiger partial charge in [0.25, 0.3) is 0 Å². The molecule has 1 amide bonds. The highest BCUT2D eigenvalue weighted by Crippen LogP contribution is 2.32. The van der Waals surface area contributed by atoms with Crippen LogP contribution in [0, 0.1) is 6.92 Å². The highest BCUT2D eigenvalue weighted by Gasteiger charge is 2.37. The molecule has 5 aromatic carbocycles. The molecule has 6 aromatic rings. The first-order valence-electron chi connectivity index (χ1n) is 19.9. The van der Waals surface area contributed by atoms with Crippen LogP contribution in [0.1, 0.15) is 29.5 Å². The summed E-state index contributed by atoms with van der Waals surface area (Å²) in [6.45, 7) is 2.40. The van der Waals surface area contributed by atoms with Gasteiger partial charge in [0.15, 0.2) is 5.76 Å². The number of ether oxygens (including phenoxy) is 2. The number of aromatic nitrogens is 1. The third kappa shape index (κ3) is 10.6. The van der Waals surface area contributed by atoms with Crippen molar-refractivity contribution in [3.05, 3.63) is 167 Å². The van der Waals surface area contributed by atoms with Crippen molar-refractivity contribution in [2.24, 2.45) is 0 Å². The monoisotopic (exact) mass is 849 g/mol. The van der Waals surface area contributed by atoms with Gasteiger partial charge in [0.1, 0.15) is 18.4 Å². The lowest BCUT2D eigenvalue weighted by atomic mass is 10.0. The van der Waals surface area contributed by atoms with Gasteiger partial charge in [-0.2, -0.15) is 4.72 Å². The molecule has 1 saturated heterocycles. The second kappa shape index (κ2) is 19.7. The number of carbonyl (C=O) groups is 1. The van der Waals surface area contributed by atoms with Crippen molar-refractivity contribution in [3.63, 3.8) is 0 Å². The second-order valence-corrected chi connectivity index (χ2v) is 17.2. The summed E-state index contributed by atoms with van der Waals surface area (Å²) < 4.78 is 49.9. The van der Waals surface area contributed by atoms with Crippen molar-refractivity contribution in [2.45, 2.75) is 67.8 Å². The number of rotatable bonds is 15. The zero-order chi connectivity index (χ0) is 42.1. The minimum atomic E-state index is -4.21. The summed E-state index contributed by atoms with van der Waals surface area (Å²) in [5.74, 6) is -0.0499. The number of nitrogens with one attached hydrogen (secondary N) is 1. The number of carbonyl (C=O) groups excluding carboxylic acids is 1.